The maximum Gasteiger partial charge on any atom is 0.220 e. The first-order chi connectivity index (χ1) is 13.6. The summed E-state index contributed by atoms with van der Waals surface area (Å²) in [5.74, 6) is 1.49. The number of carbonyl (C=O) groups excluding carboxylic acids is 1. The highest BCUT2D eigenvalue weighted by Crippen LogP contribution is 2.29. The van der Waals surface area contributed by atoms with Gasteiger partial charge in [0.1, 0.15) is 11.5 Å². The molecule has 0 bridgehead atoms. The van der Waals surface area contributed by atoms with Gasteiger partial charge < -0.3 is 14.8 Å². The largest absolute Gasteiger partial charge is 0.497 e. The van der Waals surface area contributed by atoms with Crippen LogP contribution in [0.25, 0.3) is 10.2 Å². The highest BCUT2D eigenvalue weighted by molar-refractivity contribution is 7.18. The Bertz CT molecular complexity index is 905. The number of aromatic nitrogens is 1. The lowest BCUT2D eigenvalue weighted by molar-refractivity contribution is -0.121. The highest BCUT2D eigenvalue weighted by atomic mass is 32.1. The van der Waals surface area contributed by atoms with Crippen molar-refractivity contribution in [1.82, 2.24) is 10.3 Å². The minimum absolute atomic E-state index is 0.0506. The SMILES string of the molecule is COc1ccc(C(C)NC(=O)CCCCc2nc3ccccc3s2)c(OC)c1. The molecule has 3 rings (SSSR count). The number of benzene rings is 2. The van der Waals surface area contributed by atoms with Crippen molar-refractivity contribution in [1.29, 1.82) is 0 Å². The second-order valence-electron chi connectivity index (χ2n) is 6.68. The molecule has 148 valence electrons. The lowest BCUT2D eigenvalue weighted by Gasteiger charge is -2.18. The number of hydrogen-bond acceptors (Lipinski definition) is 5. The monoisotopic (exact) mass is 398 g/mol. The van der Waals surface area contributed by atoms with Gasteiger partial charge in [0.15, 0.2) is 0 Å². The maximum atomic E-state index is 12.3. The van der Waals surface area contributed by atoms with Gasteiger partial charge in [-0.05, 0) is 50.5 Å². The molecule has 0 aliphatic carbocycles. The summed E-state index contributed by atoms with van der Waals surface area (Å²) in [6, 6.07) is 13.7. The van der Waals surface area contributed by atoms with Crippen LogP contribution in [0.15, 0.2) is 42.5 Å². The second kappa shape index (κ2) is 9.55. The zero-order valence-electron chi connectivity index (χ0n) is 16.5. The average molecular weight is 399 g/mol. The lowest BCUT2D eigenvalue weighted by atomic mass is 10.1. The molecule has 1 aromatic heterocycles. The van der Waals surface area contributed by atoms with Gasteiger partial charge in [-0.15, -0.1) is 11.3 Å². The number of amides is 1. The number of nitrogens with one attached hydrogen (secondary N) is 1. The van der Waals surface area contributed by atoms with Crippen LogP contribution in [0, 0.1) is 0 Å². The Kier molecular flexibility index (Phi) is 6.87. The molecule has 3 aromatic rings. The molecule has 2 aromatic carbocycles. The van der Waals surface area contributed by atoms with E-state index in [-0.39, 0.29) is 11.9 Å². The average Bonchev–Trinajstić information content (AvgIpc) is 3.13. The Labute approximate surface area is 169 Å². The van der Waals surface area contributed by atoms with Crippen LogP contribution in [0.2, 0.25) is 0 Å². The van der Waals surface area contributed by atoms with Gasteiger partial charge in [0.2, 0.25) is 5.91 Å². The number of aryl methyl sites for hydroxylation is 1. The number of nitrogens with zero attached hydrogens (tertiary/aromatic N) is 1. The summed E-state index contributed by atoms with van der Waals surface area (Å²) in [4.78, 5) is 17.0. The van der Waals surface area contributed by atoms with E-state index in [1.54, 1.807) is 25.6 Å². The van der Waals surface area contributed by atoms with Crippen molar-refractivity contribution in [2.24, 2.45) is 0 Å². The third-order valence-corrected chi connectivity index (χ3v) is 5.76. The normalized spacial score (nSPS) is 12.0. The van der Waals surface area contributed by atoms with Crippen molar-refractivity contribution in [3.63, 3.8) is 0 Å². The standard InChI is InChI=1S/C22H26N2O3S/c1-15(17-13-12-16(26-2)14-19(17)27-3)23-21(25)10-6-7-11-22-24-18-8-4-5-9-20(18)28-22/h4-5,8-9,12-15H,6-7,10-11H2,1-3H3,(H,23,25). The van der Waals surface area contributed by atoms with E-state index in [4.69, 9.17) is 9.47 Å². The van der Waals surface area contributed by atoms with Gasteiger partial charge in [-0.3, -0.25) is 4.79 Å². The summed E-state index contributed by atoms with van der Waals surface area (Å²) >= 11 is 1.74. The van der Waals surface area contributed by atoms with Gasteiger partial charge >= 0.3 is 0 Å². The molecule has 0 saturated carbocycles. The number of hydrogen-bond donors (Lipinski definition) is 1. The Morgan fingerprint density at radius 3 is 2.71 bits per heavy atom. The first-order valence-electron chi connectivity index (χ1n) is 9.46. The van der Waals surface area contributed by atoms with E-state index in [2.05, 4.69) is 16.4 Å². The molecule has 1 atom stereocenters. The number of thiazole rings is 1. The van der Waals surface area contributed by atoms with Gasteiger partial charge in [0.25, 0.3) is 0 Å². The van der Waals surface area contributed by atoms with Gasteiger partial charge in [-0.25, -0.2) is 4.98 Å². The maximum absolute atomic E-state index is 12.3. The summed E-state index contributed by atoms with van der Waals surface area (Å²) in [5, 5.41) is 4.19. The molecule has 0 saturated heterocycles. The predicted molar refractivity (Wildman–Crippen MR) is 113 cm³/mol. The summed E-state index contributed by atoms with van der Waals surface area (Å²) in [7, 11) is 3.24. The Morgan fingerprint density at radius 2 is 1.96 bits per heavy atom. The lowest BCUT2D eigenvalue weighted by Crippen LogP contribution is -2.26. The number of methoxy groups -OCH3 is 2. The van der Waals surface area contributed by atoms with Crippen LogP contribution >= 0.6 is 11.3 Å². The molecule has 1 amide bonds. The van der Waals surface area contributed by atoms with Crippen LogP contribution in [0.4, 0.5) is 0 Å². The summed E-state index contributed by atoms with van der Waals surface area (Å²) < 4.78 is 11.9. The fourth-order valence-electron chi connectivity index (χ4n) is 3.16. The number of para-hydroxylation sites is 1. The minimum Gasteiger partial charge on any atom is -0.497 e. The molecule has 1 unspecified atom stereocenters. The molecular formula is C22H26N2O3S. The van der Waals surface area contributed by atoms with E-state index < -0.39 is 0 Å². The topological polar surface area (TPSA) is 60.5 Å². The Morgan fingerprint density at radius 1 is 1.14 bits per heavy atom. The Hall–Kier alpha value is -2.60. The first kappa shape index (κ1) is 20.1. The van der Waals surface area contributed by atoms with E-state index in [0.717, 1.165) is 41.1 Å². The van der Waals surface area contributed by atoms with Crippen LogP contribution in [-0.4, -0.2) is 25.1 Å². The zero-order valence-corrected chi connectivity index (χ0v) is 17.3. The fraction of sp³-hybridized carbons (Fsp3) is 0.364. The van der Waals surface area contributed by atoms with E-state index in [0.29, 0.717) is 12.2 Å². The van der Waals surface area contributed by atoms with E-state index in [1.165, 1.54) is 4.70 Å². The summed E-state index contributed by atoms with van der Waals surface area (Å²) in [5.41, 5.74) is 1.99. The van der Waals surface area contributed by atoms with Crippen LogP contribution in [0.3, 0.4) is 0 Å². The molecular weight excluding hydrogens is 372 g/mol. The summed E-state index contributed by atoms with van der Waals surface area (Å²) in [6.07, 6.45) is 3.21. The number of fused-ring (bicyclic) bond motifs is 1. The van der Waals surface area contributed by atoms with Crippen LogP contribution in [-0.2, 0) is 11.2 Å². The van der Waals surface area contributed by atoms with Crippen molar-refractivity contribution in [2.75, 3.05) is 14.2 Å². The third kappa shape index (κ3) is 5.01. The first-order valence-corrected chi connectivity index (χ1v) is 10.3. The molecule has 0 radical (unpaired) electrons. The molecule has 6 heteroatoms. The van der Waals surface area contributed by atoms with Crippen molar-refractivity contribution in [3.8, 4) is 11.5 Å². The van der Waals surface area contributed by atoms with E-state index >= 15 is 0 Å². The molecule has 0 fully saturated rings. The fourth-order valence-corrected chi connectivity index (χ4v) is 4.17. The van der Waals surface area contributed by atoms with Crippen molar-refractivity contribution in [2.45, 2.75) is 38.6 Å². The van der Waals surface area contributed by atoms with Crippen molar-refractivity contribution >= 4 is 27.5 Å². The quantitative estimate of drug-likeness (QED) is 0.521. The van der Waals surface area contributed by atoms with Crippen molar-refractivity contribution in [3.05, 3.63) is 53.0 Å². The van der Waals surface area contributed by atoms with Crippen LogP contribution in [0.1, 0.15) is 42.8 Å². The number of unbranched alkanes of at least 4 members (excludes halogenated alkanes) is 1. The van der Waals surface area contributed by atoms with Crippen LogP contribution < -0.4 is 14.8 Å². The Balaban J connectivity index is 1.46. The molecule has 5 nitrogen and oxygen atoms in total. The number of carbonyl (C=O) groups is 1. The molecule has 0 aliphatic rings. The number of ether oxygens (including phenoxy) is 2. The molecule has 0 spiro atoms. The van der Waals surface area contributed by atoms with Crippen LogP contribution in [0.5, 0.6) is 11.5 Å². The van der Waals surface area contributed by atoms with Gasteiger partial charge in [0, 0.05) is 18.1 Å². The molecule has 1 N–H and O–H groups in total. The number of rotatable bonds is 9. The molecule has 0 aliphatic heterocycles. The highest BCUT2D eigenvalue weighted by Gasteiger charge is 2.15. The minimum atomic E-state index is -0.127. The van der Waals surface area contributed by atoms with Crippen molar-refractivity contribution < 1.29 is 14.3 Å². The van der Waals surface area contributed by atoms with E-state index in [1.807, 2.05) is 43.3 Å². The summed E-state index contributed by atoms with van der Waals surface area (Å²) in [6.45, 7) is 1.96. The third-order valence-electron chi connectivity index (χ3n) is 4.67. The molecule has 1 heterocycles. The second-order valence-corrected chi connectivity index (χ2v) is 7.79. The van der Waals surface area contributed by atoms with Gasteiger partial charge in [-0.2, -0.15) is 0 Å². The van der Waals surface area contributed by atoms with E-state index in [9.17, 15) is 4.79 Å². The van der Waals surface area contributed by atoms with Gasteiger partial charge in [0.05, 0.1) is 35.5 Å². The van der Waals surface area contributed by atoms with Gasteiger partial charge in [-0.1, -0.05) is 12.1 Å². The molecule has 28 heavy (non-hydrogen) atoms. The zero-order chi connectivity index (χ0) is 19.9. The predicted octanol–water partition coefficient (Wildman–Crippen LogP) is 4.90. The smallest absolute Gasteiger partial charge is 0.220 e.